The van der Waals surface area contributed by atoms with E-state index < -0.39 is 10.0 Å². The van der Waals surface area contributed by atoms with Gasteiger partial charge in [0.25, 0.3) is 5.91 Å². The number of amides is 1. The zero-order valence-electron chi connectivity index (χ0n) is 14.3. The molecule has 24 heavy (non-hydrogen) atoms. The number of nitrogens with one attached hydrogen (secondary N) is 2. The number of carbonyl (C=O) groups excluding carboxylic acids is 1. The predicted octanol–water partition coefficient (Wildman–Crippen LogP) is 1.62. The molecule has 1 aromatic rings. The fourth-order valence-corrected chi connectivity index (χ4v) is 4.05. The van der Waals surface area contributed by atoms with Crippen molar-refractivity contribution in [3.05, 3.63) is 29.8 Å². The summed E-state index contributed by atoms with van der Waals surface area (Å²) in [4.78, 5) is 14.6. The second-order valence-corrected chi connectivity index (χ2v) is 7.90. The van der Waals surface area contributed by atoms with Crippen LogP contribution < -0.4 is 10.0 Å². The van der Waals surface area contributed by atoms with E-state index in [1.807, 2.05) is 7.05 Å². The van der Waals surface area contributed by atoms with Gasteiger partial charge in [0.15, 0.2) is 0 Å². The minimum atomic E-state index is -3.59. The first-order chi connectivity index (χ1) is 10.8. The summed E-state index contributed by atoms with van der Waals surface area (Å²) in [5.41, 5.74) is 0.411. The van der Waals surface area contributed by atoms with Gasteiger partial charge in [0.1, 0.15) is 0 Å². The van der Waals surface area contributed by atoms with E-state index in [1.165, 1.54) is 12.1 Å². The second kappa shape index (κ2) is 8.80. The van der Waals surface area contributed by atoms with E-state index in [-0.39, 0.29) is 29.3 Å². The summed E-state index contributed by atoms with van der Waals surface area (Å²) in [5.74, 6) is -0.119. The monoisotopic (exact) mass is 375 g/mol. The first kappa shape index (κ1) is 20.9. The van der Waals surface area contributed by atoms with E-state index in [0.29, 0.717) is 24.7 Å². The number of carbonyl (C=O) groups is 1. The highest BCUT2D eigenvalue weighted by atomic mass is 35.5. The summed E-state index contributed by atoms with van der Waals surface area (Å²) < 4.78 is 27.0. The molecule has 0 bridgehead atoms. The van der Waals surface area contributed by atoms with E-state index >= 15 is 0 Å². The lowest BCUT2D eigenvalue weighted by Gasteiger charge is -2.32. The summed E-state index contributed by atoms with van der Waals surface area (Å²) in [5, 5.41) is 3.20. The Morgan fingerprint density at radius 2 is 2.04 bits per heavy atom. The molecule has 6 nitrogen and oxygen atoms in total. The van der Waals surface area contributed by atoms with Crippen LogP contribution in [0, 0.1) is 0 Å². The number of halogens is 1. The molecule has 0 aromatic heterocycles. The van der Waals surface area contributed by atoms with Gasteiger partial charge in [-0.25, -0.2) is 13.1 Å². The van der Waals surface area contributed by atoms with Gasteiger partial charge in [0.2, 0.25) is 10.0 Å². The summed E-state index contributed by atoms with van der Waals surface area (Å²) >= 11 is 0. The number of hydrogen-bond donors (Lipinski definition) is 2. The number of likely N-dealkylation sites (N-methyl/N-ethyl adjacent to an activating group) is 1. The smallest absolute Gasteiger partial charge is 0.253 e. The van der Waals surface area contributed by atoms with Crippen molar-refractivity contribution in [3.63, 3.8) is 0 Å². The highest BCUT2D eigenvalue weighted by Crippen LogP contribution is 2.17. The van der Waals surface area contributed by atoms with Crippen LogP contribution in [-0.4, -0.2) is 51.4 Å². The molecule has 1 unspecified atom stereocenters. The normalized spacial score (nSPS) is 18.3. The number of sulfonamides is 1. The third-order valence-corrected chi connectivity index (χ3v) is 5.56. The van der Waals surface area contributed by atoms with Gasteiger partial charge >= 0.3 is 0 Å². The van der Waals surface area contributed by atoms with E-state index in [9.17, 15) is 13.2 Å². The van der Waals surface area contributed by atoms with E-state index in [0.717, 1.165) is 12.8 Å². The Morgan fingerprint density at radius 1 is 1.33 bits per heavy atom. The van der Waals surface area contributed by atoms with Crippen LogP contribution >= 0.6 is 12.4 Å². The van der Waals surface area contributed by atoms with Gasteiger partial charge in [0, 0.05) is 30.7 Å². The number of nitrogens with zero attached hydrogens (tertiary/aromatic N) is 1. The molecule has 8 heteroatoms. The SMILES string of the molecule is CNC1CCCN(C(=O)c2cccc(S(=O)(=O)NC(C)C)c2)C1.Cl. The molecule has 0 aliphatic carbocycles. The highest BCUT2D eigenvalue weighted by Gasteiger charge is 2.24. The summed E-state index contributed by atoms with van der Waals surface area (Å²) in [6.45, 7) is 4.88. The van der Waals surface area contributed by atoms with Crippen molar-refractivity contribution in [3.8, 4) is 0 Å². The van der Waals surface area contributed by atoms with E-state index in [1.54, 1.807) is 30.9 Å². The molecule has 1 aliphatic rings. The van der Waals surface area contributed by atoms with E-state index in [2.05, 4.69) is 10.0 Å². The molecule has 0 spiro atoms. The van der Waals surface area contributed by atoms with Gasteiger partial charge in [-0.3, -0.25) is 4.79 Å². The van der Waals surface area contributed by atoms with Crippen LogP contribution in [-0.2, 0) is 10.0 Å². The van der Waals surface area contributed by atoms with Crippen LogP contribution in [0.4, 0.5) is 0 Å². The van der Waals surface area contributed by atoms with Crippen molar-refractivity contribution < 1.29 is 13.2 Å². The number of hydrogen-bond acceptors (Lipinski definition) is 4. The van der Waals surface area contributed by atoms with Crippen molar-refractivity contribution >= 4 is 28.3 Å². The number of likely N-dealkylation sites (tertiary alicyclic amines) is 1. The quantitative estimate of drug-likeness (QED) is 0.819. The molecule has 136 valence electrons. The van der Waals surface area contributed by atoms with Crippen molar-refractivity contribution in [2.24, 2.45) is 0 Å². The van der Waals surface area contributed by atoms with Gasteiger partial charge in [0.05, 0.1) is 4.90 Å². The first-order valence-corrected chi connectivity index (χ1v) is 9.40. The molecule has 0 saturated carbocycles. The average molecular weight is 376 g/mol. The van der Waals surface area contributed by atoms with Crippen LogP contribution in [0.2, 0.25) is 0 Å². The Morgan fingerprint density at radius 3 is 2.67 bits per heavy atom. The molecule has 1 saturated heterocycles. The molecule has 0 radical (unpaired) electrons. The minimum absolute atomic E-state index is 0. The van der Waals surface area contributed by atoms with Gasteiger partial charge in [-0.2, -0.15) is 0 Å². The maximum Gasteiger partial charge on any atom is 0.253 e. The summed E-state index contributed by atoms with van der Waals surface area (Å²) in [6.07, 6.45) is 2.00. The zero-order valence-corrected chi connectivity index (χ0v) is 15.9. The van der Waals surface area contributed by atoms with Crippen molar-refractivity contribution in [2.45, 2.75) is 43.7 Å². The van der Waals surface area contributed by atoms with Crippen LogP contribution in [0.3, 0.4) is 0 Å². The third-order valence-electron chi connectivity index (χ3n) is 3.90. The molecule has 2 rings (SSSR count). The Hall–Kier alpha value is -1.15. The highest BCUT2D eigenvalue weighted by molar-refractivity contribution is 7.89. The lowest BCUT2D eigenvalue weighted by atomic mass is 10.0. The lowest BCUT2D eigenvalue weighted by molar-refractivity contribution is 0.0698. The number of benzene rings is 1. The second-order valence-electron chi connectivity index (χ2n) is 6.18. The predicted molar refractivity (Wildman–Crippen MR) is 97.1 cm³/mol. The molecule has 1 heterocycles. The lowest BCUT2D eigenvalue weighted by Crippen LogP contribution is -2.47. The first-order valence-electron chi connectivity index (χ1n) is 7.92. The largest absolute Gasteiger partial charge is 0.337 e. The summed E-state index contributed by atoms with van der Waals surface area (Å²) in [7, 11) is -1.70. The van der Waals surface area contributed by atoms with Crippen LogP contribution in [0.25, 0.3) is 0 Å². The molecule has 1 atom stereocenters. The maximum absolute atomic E-state index is 12.6. The van der Waals surface area contributed by atoms with Gasteiger partial charge in [-0.05, 0) is 51.9 Å². The van der Waals surface area contributed by atoms with Crippen LogP contribution in [0.1, 0.15) is 37.0 Å². The fourth-order valence-electron chi connectivity index (χ4n) is 2.75. The maximum atomic E-state index is 12.6. The zero-order chi connectivity index (χ0) is 17.0. The van der Waals surface area contributed by atoms with Crippen molar-refractivity contribution in [1.82, 2.24) is 14.9 Å². The van der Waals surface area contributed by atoms with Crippen LogP contribution in [0.5, 0.6) is 0 Å². The standard InChI is InChI=1S/C16H25N3O3S.ClH/c1-12(2)18-23(21,22)15-8-4-6-13(10-15)16(20)19-9-5-7-14(11-19)17-3;/h4,6,8,10,12,14,17-18H,5,7,9,11H2,1-3H3;1H. The third kappa shape index (κ3) is 5.17. The van der Waals surface area contributed by atoms with Gasteiger partial charge in [-0.1, -0.05) is 6.07 Å². The number of piperidine rings is 1. The van der Waals surface area contributed by atoms with Crippen molar-refractivity contribution in [2.75, 3.05) is 20.1 Å². The topological polar surface area (TPSA) is 78.5 Å². The average Bonchev–Trinajstić information content (AvgIpc) is 2.53. The molecular formula is C16H26ClN3O3S. The van der Waals surface area contributed by atoms with Gasteiger partial charge < -0.3 is 10.2 Å². The minimum Gasteiger partial charge on any atom is -0.337 e. The number of rotatable bonds is 5. The molecule has 1 fully saturated rings. The molecular weight excluding hydrogens is 350 g/mol. The molecule has 1 amide bonds. The van der Waals surface area contributed by atoms with Crippen LogP contribution in [0.15, 0.2) is 29.2 Å². The summed E-state index contributed by atoms with van der Waals surface area (Å²) in [6, 6.07) is 6.34. The Kier molecular flexibility index (Phi) is 7.66. The fraction of sp³-hybridized carbons (Fsp3) is 0.562. The molecule has 1 aromatic carbocycles. The molecule has 1 aliphatic heterocycles. The molecule has 2 N–H and O–H groups in total. The Balaban J connectivity index is 0.00000288. The van der Waals surface area contributed by atoms with Crippen molar-refractivity contribution in [1.29, 1.82) is 0 Å². The Labute approximate surface area is 150 Å². The van der Waals surface area contributed by atoms with E-state index in [4.69, 9.17) is 0 Å². The van der Waals surface area contributed by atoms with Gasteiger partial charge in [-0.15, -0.1) is 12.4 Å². The Bertz CT molecular complexity index is 664.